The van der Waals surface area contributed by atoms with E-state index in [0.717, 1.165) is 12.0 Å². The molecule has 0 atom stereocenters. The number of nitrogens with one attached hydrogen (secondary N) is 1. The highest BCUT2D eigenvalue weighted by Crippen LogP contribution is 2.31. The lowest BCUT2D eigenvalue weighted by molar-refractivity contribution is -0.384. The van der Waals surface area contributed by atoms with Crippen LogP contribution in [-0.2, 0) is 13.0 Å². The molecule has 1 aromatic heterocycles. The normalized spacial score (nSPS) is 10.3. The van der Waals surface area contributed by atoms with Gasteiger partial charge >= 0.3 is 5.69 Å². The molecule has 1 heterocycles. The lowest BCUT2D eigenvalue weighted by Gasteiger charge is -2.11. The van der Waals surface area contributed by atoms with E-state index in [-0.39, 0.29) is 5.69 Å². The van der Waals surface area contributed by atoms with Crippen LogP contribution in [0.4, 0.5) is 11.4 Å². The average molecular weight is 336 g/mol. The number of benzene rings is 1. The van der Waals surface area contributed by atoms with Gasteiger partial charge in [-0.1, -0.05) is 31.2 Å². The first-order valence-corrected chi connectivity index (χ1v) is 7.01. The number of pyridine rings is 1. The summed E-state index contributed by atoms with van der Waals surface area (Å²) in [6, 6.07) is 8.04. The van der Waals surface area contributed by atoms with E-state index in [1.807, 2.05) is 18.2 Å². The highest BCUT2D eigenvalue weighted by atomic mass is 79.9. The molecular weight excluding hydrogens is 322 g/mol. The third-order valence-corrected chi connectivity index (χ3v) is 3.63. The van der Waals surface area contributed by atoms with E-state index < -0.39 is 4.92 Å². The van der Waals surface area contributed by atoms with Crippen LogP contribution in [-0.4, -0.2) is 9.91 Å². The smallest absolute Gasteiger partial charge is 0.311 e. The van der Waals surface area contributed by atoms with E-state index >= 15 is 0 Å². The molecule has 0 unspecified atom stereocenters. The zero-order chi connectivity index (χ0) is 14.5. The second kappa shape index (κ2) is 6.47. The Labute approximate surface area is 125 Å². The molecule has 0 aliphatic carbocycles. The maximum atomic E-state index is 11.0. The van der Waals surface area contributed by atoms with E-state index in [2.05, 4.69) is 39.2 Å². The molecule has 0 radical (unpaired) electrons. The number of hydrogen-bond acceptors (Lipinski definition) is 4. The molecule has 0 spiro atoms. The average Bonchev–Trinajstić information content (AvgIpc) is 2.46. The Bertz CT molecular complexity index is 632. The van der Waals surface area contributed by atoms with Gasteiger partial charge < -0.3 is 5.32 Å². The van der Waals surface area contributed by atoms with Crippen molar-refractivity contribution in [1.82, 2.24) is 4.98 Å². The van der Waals surface area contributed by atoms with Crippen molar-refractivity contribution < 1.29 is 4.92 Å². The van der Waals surface area contributed by atoms with E-state index in [1.165, 1.54) is 11.8 Å². The molecule has 6 heteroatoms. The van der Waals surface area contributed by atoms with Gasteiger partial charge in [-0.25, -0.2) is 0 Å². The van der Waals surface area contributed by atoms with Crippen molar-refractivity contribution >= 4 is 27.3 Å². The maximum Gasteiger partial charge on any atom is 0.311 e. The number of halogens is 1. The van der Waals surface area contributed by atoms with Crippen LogP contribution < -0.4 is 5.32 Å². The predicted molar refractivity (Wildman–Crippen MR) is 81.7 cm³/mol. The quantitative estimate of drug-likeness (QED) is 0.664. The zero-order valence-electron chi connectivity index (χ0n) is 11.0. The van der Waals surface area contributed by atoms with Gasteiger partial charge in [-0.2, -0.15) is 0 Å². The highest BCUT2D eigenvalue weighted by molar-refractivity contribution is 9.10. The van der Waals surface area contributed by atoms with Gasteiger partial charge in [-0.15, -0.1) is 0 Å². The zero-order valence-corrected chi connectivity index (χ0v) is 12.6. The molecule has 0 fully saturated rings. The Morgan fingerprint density at radius 1 is 1.30 bits per heavy atom. The summed E-state index contributed by atoms with van der Waals surface area (Å²) in [6.07, 6.45) is 3.72. The van der Waals surface area contributed by atoms with Crippen molar-refractivity contribution in [1.29, 1.82) is 0 Å². The van der Waals surface area contributed by atoms with Gasteiger partial charge in [0, 0.05) is 12.7 Å². The van der Waals surface area contributed by atoms with Gasteiger partial charge in [-0.05, 0) is 33.5 Å². The Hall–Kier alpha value is -1.95. The summed E-state index contributed by atoms with van der Waals surface area (Å²) in [7, 11) is 0. The van der Waals surface area contributed by atoms with Crippen LogP contribution in [0, 0.1) is 10.1 Å². The molecule has 1 aromatic carbocycles. The number of aromatic nitrogens is 1. The lowest BCUT2D eigenvalue weighted by Crippen LogP contribution is -2.05. The predicted octanol–water partition coefficient (Wildman–Crippen LogP) is 3.93. The standard InChI is InChI=1S/C14H14BrN3O2/c1-2-10-5-3-4-6-11(10)7-17-14-12(15)8-16-9-13(14)18(19)20/h3-6,8-9H,2,7H2,1H3,(H,16,17). The van der Waals surface area contributed by atoms with E-state index in [4.69, 9.17) is 0 Å². The summed E-state index contributed by atoms with van der Waals surface area (Å²) >= 11 is 3.30. The molecule has 0 saturated heterocycles. The van der Waals surface area contributed by atoms with Gasteiger partial charge in [0.2, 0.25) is 0 Å². The number of anilines is 1. The molecule has 0 bridgehead atoms. The first-order valence-electron chi connectivity index (χ1n) is 6.22. The minimum Gasteiger partial charge on any atom is -0.374 e. The maximum absolute atomic E-state index is 11.0. The molecule has 0 aliphatic rings. The van der Waals surface area contributed by atoms with Crippen molar-refractivity contribution in [2.24, 2.45) is 0 Å². The molecule has 0 aliphatic heterocycles. The number of aryl methyl sites for hydroxylation is 1. The molecule has 2 aromatic rings. The summed E-state index contributed by atoms with van der Waals surface area (Å²) in [5.74, 6) is 0. The monoisotopic (exact) mass is 335 g/mol. The van der Waals surface area contributed by atoms with Crippen LogP contribution in [0.1, 0.15) is 18.1 Å². The van der Waals surface area contributed by atoms with E-state index in [9.17, 15) is 10.1 Å². The molecule has 104 valence electrons. The molecule has 0 saturated carbocycles. The van der Waals surface area contributed by atoms with Crippen LogP contribution in [0.15, 0.2) is 41.1 Å². The van der Waals surface area contributed by atoms with Crippen LogP contribution in [0.2, 0.25) is 0 Å². The Kier molecular flexibility index (Phi) is 4.68. The van der Waals surface area contributed by atoms with Gasteiger partial charge in [0.15, 0.2) is 0 Å². The van der Waals surface area contributed by atoms with Gasteiger partial charge in [0.25, 0.3) is 0 Å². The summed E-state index contributed by atoms with van der Waals surface area (Å²) in [4.78, 5) is 14.4. The van der Waals surface area contributed by atoms with Crippen molar-refractivity contribution in [2.45, 2.75) is 19.9 Å². The Morgan fingerprint density at radius 3 is 2.65 bits per heavy atom. The van der Waals surface area contributed by atoms with E-state index in [0.29, 0.717) is 16.7 Å². The molecule has 5 nitrogen and oxygen atoms in total. The van der Waals surface area contributed by atoms with Crippen LogP contribution in [0.3, 0.4) is 0 Å². The first-order chi connectivity index (χ1) is 9.63. The van der Waals surface area contributed by atoms with Crippen molar-refractivity contribution in [2.75, 3.05) is 5.32 Å². The summed E-state index contributed by atoms with van der Waals surface area (Å²) in [6.45, 7) is 2.62. The second-order valence-corrected chi connectivity index (χ2v) is 5.10. The summed E-state index contributed by atoms with van der Waals surface area (Å²) < 4.78 is 0.584. The number of rotatable bonds is 5. The molecule has 20 heavy (non-hydrogen) atoms. The first kappa shape index (κ1) is 14.5. The summed E-state index contributed by atoms with van der Waals surface area (Å²) in [5, 5.41) is 14.1. The number of hydrogen-bond donors (Lipinski definition) is 1. The molecule has 0 amide bonds. The minimum atomic E-state index is -0.439. The Balaban J connectivity index is 2.25. The third-order valence-electron chi connectivity index (χ3n) is 3.03. The van der Waals surface area contributed by atoms with Crippen LogP contribution in [0.5, 0.6) is 0 Å². The van der Waals surface area contributed by atoms with Crippen molar-refractivity contribution in [3.05, 3.63) is 62.4 Å². The fourth-order valence-electron chi connectivity index (χ4n) is 2.00. The highest BCUT2D eigenvalue weighted by Gasteiger charge is 2.17. The summed E-state index contributed by atoms with van der Waals surface area (Å²) in [5.41, 5.74) is 2.78. The fraction of sp³-hybridized carbons (Fsp3) is 0.214. The van der Waals surface area contributed by atoms with Gasteiger partial charge in [-0.3, -0.25) is 15.1 Å². The van der Waals surface area contributed by atoms with Gasteiger partial charge in [0.05, 0.1) is 9.40 Å². The Morgan fingerprint density at radius 2 is 2.00 bits per heavy atom. The second-order valence-electron chi connectivity index (χ2n) is 4.25. The SMILES string of the molecule is CCc1ccccc1CNc1c(Br)cncc1[N+](=O)[O-]. The van der Waals surface area contributed by atoms with E-state index in [1.54, 1.807) is 6.20 Å². The lowest BCUT2D eigenvalue weighted by atomic mass is 10.1. The molecular formula is C14H14BrN3O2. The number of nitrogens with zero attached hydrogens (tertiary/aromatic N) is 2. The van der Waals surface area contributed by atoms with Crippen molar-refractivity contribution in [3.8, 4) is 0 Å². The number of nitro groups is 1. The topological polar surface area (TPSA) is 68.1 Å². The van der Waals surface area contributed by atoms with Gasteiger partial charge in [0.1, 0.15) is 11.9 Å². The largest absolute Gasteiger partial charge is 0.374 e. The minimum absolute atomic E-state index is 0.0339. The third kappa shape index (κ3) is 3.14. The van der Waals surface area contributed by atoms with Crippen LogP contribution >= 0.6 is 15.9 Å². The van der Waals surface area contributed by atoms with Crippen molar-refractivity contribution in [3.63, 3.8) is 0 Å². The fourth-order valence-corrected chi connectivity index (χ4v) is 2.46. The molecule has 2 rings (SSSR count). The molecule has 1 N–H and O–H groups in total. The van der Waals surface area contributed by atoms with Crippen LogP contribution in [0.25, 0.3) is 0 Å².